The number of amides is 3. The number of urea groups is 1. The van der Waals surface area contributed by atoms with Crippen LogP contribution in [0.4, 0.5) is 10.6 Å². The molecule has 1 aromatic heterocycles. The molecule has 0 fully saturated rings. The van der Waals surface area contributed by atoms with E-state index in [0.29, 0.717) is 18.9 Å². The SMILES string of the molecule is CCN(CC(=O)Nc1cc(C(C)(C)C)nn1-c1ccc(OC)cc1)C(=O)NCc1ccccc1. The van der Waals surface area contributed by atoms with Gasteiger partial charge in [0, 0.05) is 24.6 Å². The maximum atomic E-state index is 12.9. The van der Waals surface area contributed by atoms with Gasteiger partial charge in [0.15, 0.2) is 0 Å². The molecule has 8 heteroatoms. The van der Waals surface area contributed by atoms with Crippen LogP contribution in [0.1, 0.15) is 39.0 Å². The number of anilines is 1. The minimum atomic E-state index is -0.299. The molecule has 180 valence electrons. The van der Waals surface area contributed by atoms with Gasteiger partial charge in [0.05, 0.1) is 18.5 Å². The molecular formula is C26H33N5O3. The van der Waals surface area contributed by atoms with Gasteiger partial charge in [-0.2, -0.15) is 5.10 Å². The number of nitrogens with one attached hydrogen (secondary N) is 2. The van der Waals surface area contributed by atoms with E-state index in [0.717, 1.165) is 22.7 Å². The first-order chi connectivity index (χ1) is 16.2. The third-order valence-electron chi connectivity index (χ3n) is 5.35. The molecule has 34 heavy (non-hydrogen) atoms. The number of rotatable bonds is 8. The first kappa shape index (κ1) is 24.8. The van der Waals surface area contributed by atoms with Gasteiger partial charge in [-0.25, -0.2) is 9.48 Å². The number of benzene rings is 2. The van der Waals surface area contributed by atoms with Crippen LogP contribution >= 0.6 is 0 Å². The number of aromatic nitrogens is 2. The third kappa shape index (κ3) is 6.37. The minimum Gasteiger partial charge on any atom is -0.497 e. The summed E-state index contributed by atoms with van der Waals surface area (Å²) >= 11 is 0. The fourth-order valence-corrected chi connectivity index (χ4v) is 3.33. The average molecular weight is 464 g/mol. The number of ether oxygens (including phenoxy) is 1. The summed E-state index contributed by atoms with van der Waals surface area (Å²) in [7, 11) is 1.61. The maximum absolute atomic E-state index is 12.9. The Bertz CT molecular complexity index is 1100. The van der Waals surface area contributed by atoms with Gasteiger partial charge in [0.2, 0.25) is 5.91 Å². The number of carbonyl (C=O) groups excluding carboxylic acids is 2. The first-order valence-corrected chi connectivity index (χ1v) is 11.3. The molecule has 8 nitrogen and oxygen atoms in total. The number of methoxy groups -OCH3 is 1. The van der Waals surface area contributed by atoms with Crippen molar-refractivity contribution in [1.29, 1.82) is 0 Å². The van der Waals surface area contributed by atoms with E-state index in [1.54, 1.807) is 11.8 Å². The summed E-state index contributed by atoms with van der Waals surface area (Å²) in [5.74, 6) is 0.977. The lowest BCUT2D eigenvalue weighted by molar-refractivity contribution is -0.116. The Hall–Kier alpha value is -3.81. The number of likely N-dealkylation sites (N-methyl/N-ethyl adjacent to an activating group) is 1. The summed E-state index contributed by atoms with van der Waals surface area (Å²) in [6.45, 7) is 8.76. The number of carbonyl (C=O) groups is 2. The largest absolute Gasteiger partial charge is 0.497 e. The van der Waals surface area contributed by atoms with Gasteiger partial charge in [-0.3, -0.25) is 4.79 Å². The van der Waals surface area contributed by atoms with E-state index in [1.807, 2.05) is 67.6 Å². The van der Waals surface area contributed by atoms with Crippen molar-refractivity contribution >= 4 is 17.8 Å². The lowest BCUT2D eigenvalue weighted by atomic mass is 9.92. The summed E-state index contributed by atoms with van der Waals surface area (Å²) in [6.07, 6.45) is 0. The Labute approximate surface area is 200 Å². The molecule has 0 aliphatic carbocycles. The molecule has 0 unspecified atom stereocenters. The van der Waals surface area contributed by atoms with Crippen LogP contribution in [0.25, 0.3) is 5.69 Å². The molecule has 0 spiro atoms. The van der Waals surface area contributed by atoms with Crippen molar-refractivity contribution in [2.24, 2.45) is 0 Å². The first-order valence-electron chi connectivity index (χ1n) is 11.3. The lowest BCUT2D eigenvalue weighted by Gasteiger charge is -2.21. The van der Waals surface area contributed by atoms with Crippen molar-refractivity contribution in [2.45, 2.75) is 39.7 Å². The van der Waals surface area contributed by atoms with Crippen LogP contribution in [0.15, 0.2) is 60.7 Å². The standard InChI is InChI=1S/C26H33N5O3/c1-6-30(25(33)27-17-19-10-8-7-9-11-19)18-24(32)28-23-16-22(26(2,3)4)29-31(23)20-12-14-21(34-5)15-13-20/h7-16H,6,17-18H2,1-5H3,(H,27,33)(H,28,32). The zero-order valence-corrected chi connectivity index (χ0v) is 20.5. The second-order valence-electron chi connectivity index (χ2n) is 8.98. The Morgan fingerprint density at radius 1 is 1.06 bits per heavy atom. The van der Waals surface area contributed by atoms with Crippen LogP contribution in [0.5, 0.6) is 5.75 Å². The summed E-state index contributed by atoms with van der Waals surface area (Å²) in [6, 6.07) is 18.7. The van der Waals surface area contributed by atoms with Crippen molar-refractivity contribution in [2.75, 3.05) is 25.5 Å². The van der Waals surface area contributed by atoms with Crippen LogP contribution in [-0.2, 0) is 16.8 Å². The predicted molar refractivity (Wildman–Crippen MR) is 133 cm³/mol. The van der Waals surface area contributed by atoms with Gasteiger partial charge < -0.3 is 20.3 Å². The van der Waals surface area contributed by atoms with Crippen molar-refractivity contribution in [3.63, 3.8) is 0 Å². The Morgan fingerprint density at radius 3 is 2.32 bits per heavy atom. The fraction of sp³-hybridized carbons (Fsp3) is 0.346. The quantitative estimate of drug-likeness (QED) is 0.520. The molecule has 3 amide bonds. The van der Waals surface area contributed by atoms with E-state index in [2.05, 4.69) is 31.4 Å². The van der Waals surface area contributed by atoms with Crippen LogP contribution in [-0.4, -0.2) is 46.8 Å². The van der Waals surface area contributed by atoms with E-state index in [-0.39, 0.29) is 23.9 Å². The van der Waals surface area contributed by atoms with Crippen molar-refractivity contribution in [1.82, 2.24) is 20.0 Å². The number of nitrogens with zero attached hydrogens (tertiary/aromatic N) is 3. The molecule has 3 aromatic rings. The number of hydrogen-bond acceptors (Lipinski definition) is 4. The maximum Gasteiger partial charge on any atom is 0.318 e. The molecule has 0 radical (unpaired) electrons. The molecule has 3 rings (SSSR count). The zero-order chi connectivity index (χ0) is 24.7. The van der Waals surface area contributed by atoms with Gasteiger partial charge >= 0.3 is 6.03 Å². The molecular weight excluding hydrogens is 430 g/mol. The van der Waals surface area contributed by atoms with E-state index in [9.17, 15) is 9.59 Å². The third-order valence-corrected chi connectivity index (χ3v) is 5.35. The highest BCUT2D eigenvalue weighted by atomic mass is 16.5. The zero-order valence-electron chi connectivity index (χ0n) is 20.5. The summed E-state index contributed by atoms with van der Waals surface area (Å²) < 4.78 is 6.94. The molecule has 0 atom stereocenters. The Balaban J connectivity index is 1.73. The summed E-state index contributed by atoms with van der Waals surface area (Å²) in [5, 5.41) is 10.5. The van der Waals surface area contributed by atoms with Crippen molar-refractivity contribution < 1.29 is 14.3 Å². The van der Waals surface area contributed by atoms with E-state index in [4.69, 9.17) is 9.84 Å². The number of hydrogen-bond donors (Lipinski definition) is 2. The molecule has 2 aromatic carbocycles. The molecule has 2 N–H and O–H groups in total. The lowest BCUT2D eigenvalue weighted by Crippen LogP contribution is -2.43. The van der Waals surface area contributed by atoms with Crippen LogP contribution < -0.4 is 15.4 Å². The molecule has 0 saturated carbocycles. The second kappa shape index (κ2) is 10.9. The highest BCUT2D eigenvalue weighted by Crippen LogP contribution is 2.27. The fourth-order valence-electron chi connectivity index (χ4n) is 3.33. The van der Waals surface area contributed by atoms with Gasteiger partial charge in [0.25, 0.3) is 0 Å². The molecule has 0 aliphatic heterocycles. The summed E-state index contributed by atoms with van der Waals surface area (Å²) in [4.78, 5) is 27.0. The van der Waals surface area contributed by atoms with E-state index >= 15 is 0 Å². The van der Waals surface area contributed by atoms with E-state index in [1.165, 1.54) is 4.90 Å². The van der Waals surface area contributed by atoms with Crippen molar-refractivity contribution in [3.05, 3.63) is 71.9 Å². The molecule has 0 aliphatic rings. The van der Waals surface area contributed by atoms with Gasteiger partial charge in [-0.1, -0.05) is 51.1 Å². The van der Waals surface area contributed by atoms with Crippen molar-refractivity contribution in [3.8, 4) is 11.4 Å². The van der Waals surface area contributed by atoms with E-state index < -0.39 is 0 Å². The van der Waals surface area contributed by atoms with Crippen LogP contribution in [0.2, 0.25) is 0 Å². The minimum absolute atomic E-state index is 0.0736. The van der Waals surface area contributed by atoms with Gasteiger partial charge in [-0.15, -0.1) is 0 Å². The molecule has 0 saturated heterocycles. The Morgan fingerprint density at radius 2 is 1.74 bits per heavy atom. The van der Waals surface area contributed by atoms with Gasteiger partial charge in [-0.05, 0) is 36.8 Å². The average Bonchev–Trinajstić information content (AvgIpc) is 3.26. The molecule has 0 bridgehead atoms. The van der Waals surface area contributed by atoms with Gasteiger partial charge in [0.1, 0.15) is 18.1 Å². The van der Waals surface area contributed by atoms with Crippen LogP contribution in [0, 0.1) is 0 Å². The predicted octanol–water partition coefficient (Wildman–Crippen LogP) is 4.35. The highest BCUT2D eigenvalue weighted by Gasteiger charge is 2.22. The second-order valence-corrected chi connectivity index (χ2v) is 8.98. The smallest absolute Gasteiger partial charge is 0.318 e. The molecule has 1 heterocycles. The summed E-state index contributed by atoms with van der Waals surface area (Å²) in [5.41, 5.74) is 2.42. The highest BCUT2D eigenvalue weighted by molar-refractivity contribution is 5.94. The topological polar surface area (TPSA) is 88.5 Å². The normalized spacial score (nSPS) is 11.1. The van der Waals surface area contributed by atoms with Crippen LogP contribution in [0.3, 0.4) is 0 Å². The Kier molecular flexibility index (Phi) is 7.94. The monoisotopic (exact) mass is 463 g/mol.